The van der Waals surface area contributed by atoms with Crippen LogP contribution >= 0.6 is 0 Å². The van der Waals surface area contributed by atoms with E-state index < -0.39 is 8.32 Å². The van der Waals surface area contributed by atoms with Crippen molar-refractivity contribution in [2.45, 2.75) is 19.6 Å². The molecular formula is C13H18O3Si. The Morgan fingerprint density at radius 3 is 2.24 bits per heavy atom. The number of carbonyl (C=O) groups excluding carboxylic acids is 1. The van der Waals surface area contributed by atoms with E-state index in [1.54, 1.807) is 18.4 Å². The summed E-state index contributed by atoms with van der Waals surface area (Å²) < 4.78 is 10.2. The first-order chi connectivity index (χ1) is 7.92. The van der Waals surface area contributed by atoms with E-state index in [1.807, 2.05) is 18.2 Å². The Bertz CT molecular complexity index is 402. The van der Waals surface area contributed by atoms with Gasteiger partial charge in [0.1, 0.15) is 0 Å². The van der Waals surface area contributed by atoms with Gasteiger partial charge in [0, 0.05) is 0 Å². The zero-order valence-corrected chi connectivity index (χ0v) is 11.7. The molecule has 4 heteroatoms. The fourth-order valence-electron chi connectivity index (χ4n) is 1.16. The Morgan fingerprint density at radius 1 is 1.18 bits per heavy atom. The van der Waals surface area contributed by atoms with Gasteiger partial charge in [-0.15, -0.1) is 0 Å². The summed E-state index contributed by atoms with van der Waals surface area (Å²) in [7, 11) is -0.134. The van der Waals surface area contributed by atoms with Crippen LogP contribution in [-0.4, -0.2) is 21.4 Å². The number of hydrogen-bond donors (Lipinski definition) is 0. The van der Waals surface area contributed by atoms with Gasteiger partial charge in [-0.3, -0.25) is 0 Å². The highest BCUT2D eigenvalue weighted by Gasteiger charge is 2.12. The van der Waals surface area contributed by atoms with E-state index >= 15 is 0 Å². The highest BCUT2D eigenvalue weighted by molar-refractivity contribution is 6.69. The lowest BCUT2D eigenvalue weighted by atomic mass is 10.1. The zero-order chi connectivity index (χ0) is 12.9. The third kappa shape index (κ3) is 4.87. The second kappa shape index (κ2) is 5.68. The van der Waals surface area contributed by atoms with Crippen molar-refractivity contribution in [1.29, 1.82) is 0 Å². The largest absolute Gasteiger partial charge is 0.550 e. The number of benzene rings is 1. The first-order valence-electron chi connectivity index (χ1n) is 5.45. The molecule has 0 N–H and O–H groups in total. The van der Waals surface area contributed by atoms with Gasteiger partial charge < -0.3 is 9.16 Å². The van der Waals surface area contributed by atoms with Gasteiger partial charge in [-0.05, 0) is 43.4 Å². The van der Waals surface area contributed by atoms with Crippen LogP contribution in [0.25, 0.3) is 6.08 Å². The molecule has 92 valence electrons. The Balaban J connectivity index is 2.66. The van der Waals surface area contributed by atoms with Gasteiger partial charge in [-0.1, -0.05) is 12.1 Å². The Hall–Kier alpha value is -1.55. The summed E-state index contributed by atoms with van der Waals surface area (Å²) in [5.74, 6) is -0.320. The fourth-order valence-corrected chi connectivity index (χ4v) is 1.64. The number of hydrogen-bond acceptors (Lipinski definition) is 3. The molecule has 0 unspecified atom stereocenters. The first-order valence-corrected chi connectivity index (χ1v) is 8.86. The van der Waals surface area contributed by atoms with Gasteiger partial charge in [0.15, 0.2) is 0 Å². The van der Waals surface area contributed by atoms with E-state index in [1.165, 1.54) is 7.11 Å². The topological polar surface area (TPSA) is 35.5 Å². The highest BCUT2D eigenvalue weighted by atomic mass is 28.4. The van der Waals surface area contributed by atoms with E-state index in [0.717, 1.165) is 5.56 Å². The molecule has 0 saturated carbocycles. The molecule has 0 radical (unpaired) electrons. The van der Waals surface area contributed by atoms with Gasteiger partial charge >= 0.3 is 5.97 Å². The predicted octanol–water partition coefficient (Wildman–Crippen LogP) is 3.30. The van der Waals surface area contributed by atoms with Crippen molar-refractivity contribution in [1.82, 2.24) is 0 Å². The van der Waals surface area contributed by atoms with Crippen molar-refractivity contribution in [3.8, 4) is 0 Å². The summed E-state index contributed by atoms with van der Waals surface area (Å²) in [5.41, 5.74) is 1.55. The second-order valence-corrected chi connectivity index (χ2v) is 9.11. The van der Waals surface area contributed by atoms with Crippen molar-refractivity contribution in [3.05, 3.63) is 41.7 Å². The summed E-state index contributed by atoms with van der Waals surface area (Å²) >= 11 is 0. The monoisotopic (exact) mass is 250 g/mol. The lowest BCUT2D eigenvalue weighted by Gasteiger charge is -2.14. The minimum Gasteiger partial charge on any atom is -0.550 e. The minimum atomic E-state index is -1.51. The summed E-state index contributed by atoms with van der Waals surface area (Å²) in [5, 5.41) is 0. The molecule has 0 bridgehead atoms. The second-order valence-electron chi connectivity index (χ2n) is 4.65. The van der Waals surface area contributed by atoms with Crippen LogP contribution in [0.2, 0.25) is 19.6 Å². The van der Waals surface area contributed by atoms with E-state index in [-0.39, 0.29) is 5.97 Å². The van der Waals surface area contributed by atoms with E-state index in [0.29, 0.717) is 5.56 Å². The molecule has 0 aromatic heterocycles. The molecular weight excluding hydrogens is 232 g/mol. The average Bonchev–Trinajstić information content (AvgIpc) is 2.27. The van der Waals surface area contributed by atoms with Crippen LogP contribution in [0.5, 0.6) is 0 Å². The molecule has 0 saturated heterocycles. The molecule has 0 amide bonds. The van der Waals surface area contributed by atoms with Gasteiger partial charge in [0.05, 0.1) is 18.9 Å². The SMILES string of the molecule is COC(=O)c1ccc(/C=C/O[Si](C)(C)C)cc1. The maximum absolute atomic E-state index is 11.2. The van der Waals surface area contributed by atoms with Crippen LogP contribution in [0.15, 0.2) is 30.5 Å². The Kier molecular flexibility index (Phi) is 4.51. The van der Waals surface area contributed by atoms with Crippen molar-refractivity contribution >= 4 is 20.4 Å². The summed E-state index contributed by atoms with van der Waals surface area (Å²) in [6, 6.07) is 7.19. The lowest BCUT2D eigenvalue weighted by Crippen LogP contribution is -2.21. The minimum absolute atomic E-state index is 0.320. The first kappa shape index (κ1) is 13.5. The van der Waals surface area contributed by atoms with E-state index in [2.05, 4.69) is 24.4 Å². The van der Waals surface area contributed by atoms with Gasteiger partial charge in [0.2, 0.25) is 8.32 Å². The third-order valence-corrected chi connectivity index (χ3v) is 2.86. The molecule has 0 heterocycles. The summed E-state index contributed by atoms with van der Waals surface area (Å²) in [4.78, 5) is 11.2. The van der Waals surface area contributed by atoms with E-state index in [4.69, 9.17) is 4.43 Å². The molecule has 1 rings (SSSR count). The van der Waals surface area contributed by atoms with Crippen LogP contribution < -0.4 is 0 Å². The molecule has 0 aliphatic heterocycles. The molecule has 1 aromatic carbocycles. The Morgan fingerprint density at radius 2 is 1.76 bits per heavy atom. The van der Waals surface area contributed by atoms with Crippen LogP contribution in [0.3, 0.4) is 0 Å². The van der Waals surface area contributed by atoms with Crippen molar-refractivity contribution in [3.63, 3.8) is 0 Å². The number of methoxy groups -OCH3 is 1. The summed E-state index contributed by atoms with van der Waals surface area (Å²) in [6.45, 7) is 6.37. The van der Waals surface area contributed by atoms with Crippen molar-refractivity contribution in [2.75, 3.05) is 7.11 Å². The third-order valence-electron chi connectivity index (χ3n) is 2.01. The molecule has 3 nitrogen and oxygen atoms in total. The fraction of sp³-hybridized carbons (Fsp3) is 0.308. The molecule has 17 heavy (non-hydrogen) atoms. The molecule has 0 fully saturated rings. The molecule has 0 aliphatic rings. The van der Waals surface area contributed by atoms with Gasteiger partial charge in [-0.2, -0.15) is 0 Å². The smallest absolute Gasteiger partial charge is 0.337 e. The van der Waals surface area contributed by atoms with Crippen LogP contribution in [-0.2, 0) is 9.16 Å². The quantitative estimate of drug-likeness (QED) is 0.467. The Labute approximate surface area is 103 Å². The van der Waals surface area contributed by atoms with E-state index in [9.17, 15) is 4.79 Å². The number of rotatable bonds is 4. The number of esters is 1. The zero-order valence-electron chi connectivity index (χ0n) is 10.7. The van der Waals surface area contributed by atoms with Gasteiger partial charge in [-0.25, -0.2) is 4.79 Å². The lowest BCUT2D eigenvalue weighted by molar-refractivity contribution is 0.0601. The number of carbonyl (C=O) groups is 1. The predicted molar refractivity (Wildman–Crippen MR) is 71.2 cm³/mol. The summed E-state index contributed by atoms with van der Waals surface area (Å²) in [6.07, 6.45) is 3.61. The van der Waals surface area contributed by atoms with Crippen LogP contribution in [0, 0.1) is 0 Å². The molecule has 0 atom stereocenters. The molecule has 1 aromatic rings. The number of ether oxygens (including phenoxy) is 1. The normalized spacial score (nSPS) is 11.5. The van der Waals surface area contributed by atoms with Crippen LogP contribution in [0.1, 0.15) is 15.9 Å². The van der Waals surface area contributed by atoms with Gasteiger partial charge in [0.25, 0.3) is 0 Å². The highest BCUT2D eigenvalue weighted by Crippen LogP contribution is 2.09. The standard InChI is InChI=1S/C13H18O3Si/c1-15-13(14)12-7-5-11(6-8-12)9-10-16-17(2,3)4/h5-10H,1-4H3/b10-9+. The maximum Gasteiger partial charge on any atom is 0.337 e. The van der Waals surface area contributed by atoms with Crippen LogP contribution in [0.4, 0.5) is 0 Å². The molecule has 0 aliphatic carbocycles. The average molecular weight is 250 g/mol. The van der Waals surface area contributed by atoms with Crippen molar-refractivity contribution < 1.29 is 14.0 Å². The maximum atomic E-state index is 11.2. The molecule has 0 spiro atoms. The van der Waals surface area contributed by atoms with Crippen molar-refractivity contribution in [2.24, 2.45) is 0 Å².